The molecule has 2 aromatic carbocycles. The van der Waals surface area contributed by atoms with Gasteiger partial charge in [-0.15, -0.1) is 0 Å². The number of hydrogen-bond acceptors (Lipinski definition) is 4. The van der Waals surface area contributed by atoms with Crippen molar-refractivity contribution in [2.75, 3.05) is 12.3 Å². The number of nitrogens with zero attached hydrogens (tertiary/aromatic N) is 2. The Kier molecular flexibility index (Phi) is 6.52. The maximum atomic E-state index is 12.8. The standard InChI is InChI=1S/C22H25N3O2S/c1-15(2)25-21(27)18-10-6-7-11-19(18)24-22(25)28-14-20(26)23-13-12-17-9-5-4-8-16(17)3/h4-11,15H,12-14H2,1-3H3,(H,23,26). The van der Waals surface area contributed by atoms with Gasteiger partial charge in [-0.25, -0.2) is 4.98 Å². The van der Waals surface area contributed by atoms with E-state index in [0.29, 0.717) is 22.6 Å². The number of rotatable bonds is 7. The number of aryl methyl sites for hydroxylation is 1. The third-order valence-electron chi connectivity index (χ3n) is 4.60. The number of thioether (sulfide) groups is 1. The van der Waals surface area contributed by atoms with Gasteiger partial charge >= 0.3 is 0 Å². The maximum absolute atomic E-state index is 12.8. The molecule has 0 saturated carbocycles. The van der Waals surface area contributed by atoms with E-state index in [4.69, 9.17) is 0 Å². The first kappa shape index (κ1) is 20.1. The molecule has 0 spiro atoms. The first-order valence-corrected chi connectivity index (χ1v) is 10.4. The van der Waals surface area contributed by atoms with Crippen LogP contribution in [0.25, 0.3) is 10.9 Å². The highest BCUT2D eigenvalue weighted by Gasteiger charge is 2.15. The molecule has 146 valence electrons. The van der Waals surface area contributed by atoms with E-state index in [0.717, 1.165) is 6.42 Å². The zero-order valence-corrected chi connectivity index (χ0v) is 17.3. The molecular formula is C22H25N3O2S. The highest BCUT2D eigenvalue weighted by molar-refractivity contribution is 7.99. The van der Waals surface area contributed by atoms with E-state index in [-0.39, 0.29) is 23.3 Å². The van der Waals surface area contributed by atoms with Crippen LogP contribution in [0.15, 0.2) is 58.5 Å². The summed E-state index contributed by atoms with van der Waals surface area (Å²) in [5, 5.41) is 4.13. The van der Waals surface area contributed by atoms with Gasteiger partial charge in [0.15, 0.2) is 5.16 Å². The number of aromatic nitrogens is 2. The van der Waals surface area contributed by atoms with E-state index in [2.05, 4.69) is 29.4 Å². The molecule has 0 aliphatic carbocycles. The molecule has 0 atom stereocenters. The number of hydrogen-bond donors (Lipinski definition) is 1. The summed E-state index contributed by atoms with van der Waals surface area (Å²) in [5.41, 5.74) is 3.06. The van der Waals surface area contributed by atoms with Gasteiger partial charge in [0, 0.05) is 12.6 Å². The number of para-hydroxylation sites is 1. The largest absolute Gasteiger partial charge is 0.355 e. The number of amides is 1. The molecule has 0 aliphatic heterocycles. The van der Waals surface area contributed by atoms with Gasteiger partial charge in [-0.2, -0.15) is 0 Å². The Morgan fingerprint density at radius 1 is 1.14 bits per heavy atom. The van der Waals surface area contributed by atoms with Crippen molar-refractivity contribution in [1.82, 2.24) is 14.9 Å². The lowest BCUT2D eigenvalue weighted by molar-refractivity contribution is -0.118. The Labute approximate surface area is 169 Å². The van der Waals surface area contributed by atoms with Crippen LogP contribution in [-0.4, -0.2) is 27.8 Å². The minimum atomic E-state index is -0.0666. The molecule has 6 heteroatoms. The van der Waals surface area contributed by atoms with Crippen LogP contribution in [-0.2, 0) is 11.2 Å². The number of carbonyl (C=O) groups excluding carboxylic acids is 1. The first-order chi connectivity index (χ1) is 13.5. The van der Waals surface area contributed by atoms with Crippen molar-refractivity contribution in [1.29, 1.82) is 0 Å². The van der Waals surface area contributed by atoms with Crippen LogP contribution in [0.4, 0.5) is 0 Å². The van der Waals surface area contributed by atoms with Crippen molar-refractivity contribution in [3.05, 3.63) is 70.0 Å². The molecule has 0 fully saturated rings. The molecule has 1 aromatic heterocycles. The quantitative estimate of drug-likeness (QED) is 0.489. The van der Waals surface area contributed by atoms with Gasteiger partial charge in [0.25, 0.3) is 5.56 Å². The highest BCUT2D eigenvalue weighted by atomic mass is 32.2. The molecule has 1 heterocycles. The van der Waals surface area contributed by atoms with Crippen LogP contribution >= 0.6 is 11.8 Å². The number of nitrogens with one attached hydrogen (secondary N) is 1. The lowest BCUT2D eigenvalue weighted by Crippen LogP contribution is -2.29. The molecule has 28 heavy (non-hydrogen) atoms. The van der Waals surface area contributed by atoms with Crippen molar-refractivity contribution < 1.29 is 4.79 Å². The fourth-order valence-electron chi connectivity index (χ4n) is 3.09. The van der Waals surface area contributed by atoms with Crippen LogP contribution in [0.5, 0.6) is 0 Å². The summed E-state index contributed by atoms with van der Waals surface area (Å²) < 4.78 is 1.66. The molecular weight excluding hydrogens is 370 g/mol. The van der Waals surface area contributed by atoms with Crippen molar-refractivity contribution in [3.8, 4) is 0 Å². The Hall–Kier alpha value is -2.60. The highest BCUT2D eigenvalue weighted by Crippen LogP contribution is 2.20. The molecule has 0 unspecified atom stereocenters. The molecule has 0 saturated heterocycles. The van der Waals surface area contributed by atoms with E-state index < -0.39 is 0 Å². The lowest BCUT2D eigenvalue weighted by Gasteiger charge is -2.16. The molecule has 1 amide bonds. The van der Waals surface area contributed by atoms with E-state index >= 15 is 0 Å². The van der Waals surface area contributed by atoms with Crippen LogP contribution in [0.2, 0.25) is 0 Å². The van der Waals surface area contributed by atoms with Gasteiger partial charge in [0.05, 0.1) is 16.7 Å². The Balaban J connectivity index is 1.66. The SMILES string of the molecule is Cc1ccccc1CCNC(=O)CSc1nc2ccccc2c(=O)n1C(C)C. The second kappa shape index (κ2) is 9.06. The smallest absolute Gasteiger partial charge is 0.262 e. The van der Waals surface area contributed by atoms with Crippen LogP contribution in [0.3, 0.4) is 0 Å². The van der Waals surface area contributed by atoms with Crippen LogP contribution in [0, 0.1) is 6.92 Å². The summed E-state index contributed by atoms with van der Waals surface area (Å²) in [6.45, 7) is 6.56. The lowest BCUT2D eigenvalue weighted by atomic mass is 10.1. The van der Waals surface area contributed by atoms with Gasteiger partial charge in [-0.05, 0) is 50.5 Å². The Morgan fingerprint density at radius 3 is 2.61 bits per heavy atom. The summed E-state index contributed by atoms with van der Waals surface area (Å²) >= 11 is 1.30. The third-order valence-corrected chi connectivity index (χ3v) is 5.55. The minimum absolute atomic E-state index is 0.0313. The summed E-state index contributed by atoms with van der Waals surface area (Å²) in [4.78, 5) is 29.7. The summed E-state index contributed by atoms with van der Waals surface area (Å²) in [6, 6.07) is 15.5. The topological polar surface area (TPSA) is 64.0 Å². The van der Waals surface area contributed by atoms with Gasteiger partial charge in [-0.3, -0.25) is 14.2 Å². The van der Waals surface area contributed by atoms with Crippen molar-refractivity contribution >= 4 is 28.6 Å². The predicted octanol–water partition coefficient (Wildman–Crippen LogP) is 3.74. The van der Waals surface area contributed by atoms with Crippen molar-refractivity contribution in [3.63, 3.8) is 0 Å². The molecule has 0 bridgehead atoms. The summed E-state index contributed by atoms with van der Waals surface area (Å²) in [7, 11) is 0. The monoisotopic (exact) mass is 395 g/mol. The molecule has 0 aliphatic rings. The summed E-state index contributed by atoms with van der Waals surface area (Å²) in [6.07, 6.45) is 0.800. The van der Waals surface area contributed by atoms with Crippen LogP contribution in [0.1, 0.15) is 31.0 Å². The fraction of sp³-hybridized carbons (Fsp3) is 0.318. The maximum Gasteiger partial charge on any atom is 0.262 e. The molecule has 3 rings (SSSR count). The second-order valence-corrected chi connectivity index (χ2v) is 7.94. The van der Waals surface area contributed by atoms with E-state index in [9.17, 15) is 9.59 Å². The third kappa shape index (κ3) is 4.62. The van der Waals surface area contributed by atoms with E-state index in [1.165, 1.54) is 22.9 Å². The van der Waals surface area contributed by atoms with Crippen molar-refractivity contribution in [2.45, 2.75) is 38.4 Å². The second-order valence-electron chi connectivity index (χ2n) is 7.00. The van der Waals surface area contributed by atoms with Crippen molar-refractivity contribution in [2.24, 2.45) is 0 Å². The molecule has 3 aromatic rings. The molecule has 1 N–H and O–H groups in total. The van der Waals surface area contributed by atoms with Gasteiger partial charge in [-0.1, -0.05) is 48.2 Å². The average Bonchev–Trinajstić information content (AvgIpc) is 2.67. The number of benzene rings is 2. The predicted molar refractivity (Wildman–Crippen MR) is 115 cm³/mol. The first-order valence-electron chi connectivity index (χ1n) is 9.42. The average molecular weight is 396 g/mol. The van der Waals surface area contributed by atoms with Crippen LogP contribution < -0.4 is 10.9 Å². The van der Waals surface area contributed by atoms with E-state index in [1.54, 1.807) is 10.6 Å². The molecule has 5 nitrogen and oxygen atoms in total. The fourth-order valence-corrected chi connectivity index (χ4v) is 4.05. The Morgan fingerprint density at radius 2 is 1.86 bits per heavy atom. The number of carbonyl (C=O) groups is 1. The van der Waals surface area contributed by atoms with Gasteiger partial charge in [0.1, 0.15) is 0 Å². The number of fused-ring (bicyclic) bond motifs is 1. The zero-order chi connectivity index (χ0) is 20.1. The molecule has 0 radical (unpaired) electrons. The Bertz CT molecular complexity index is 1040. The zero-order valence-electron chi connectivity index (χ0n) is 16.4. The van der Waals surface area contributed by atoms with E-state index in [1.807, 2.05) is 44.2 Å². The summed E-state index contributed by atoms with van der Waals surface area (Å²) in [5.74, 6) is 0.168. The minimum Gasteiger partial charge on any atom is -0.355 e. The van der Waals surface area contributed by atoms with Gasteiger partial charge in [0.2, 0.25) is 5.91 Å². The normalized spacial score (nSPS) is 11.1. The van der Waals surface area contributed by atoms with Gasteiger partial charge < -0.3 is 5.32 Å².